The maximum absolute atomic E-state index is 13.5. The largest absolute Gasteiger partial charge is 0.353 e. The number of carbonyl (C=O) groups excluding carboxylic acids is 1. The zero-order chi connectivity index (χ0) is 22.2. The first-order valence-electron chi connectivity index (χ1n) is 10.8. The van der Waals surface area contributed by atoms with Crippen molar-refractivity contribution in [3.8, 4) is 5.82 Å². The van der Waals surface area contributed by atoms with Crippen molar-refractivity contribution in [2.75, 3.05) is 36.4 Å². The lowest BCUT2D eigenvalue weighted by Gasteiger charge is -2.35. The first kappa shape index (κ1) is 21.5. The van der Waals surface area contributed by atoms with Crippen molar-refractivity contribution in [1.82, 2.24) is 24.6 Å². The summed E-state index contributed by atoms with van der Waals surface area (Å²) in [5.41, 5.74) is 1.84. The summed E-state index contributed by atoms with van der Waals surface area (Å²) in [6, 6.07) is 3.78. The summed E-state index contributed by atoms with van der Waals surface area (Å²) in [4.78, 5) is 24.9. The molecule has 2 aliphatic rings. The lowest BCUT2D eigenvalue weighted by atomic mass is 9.92. The second kappa shape index (κ2) is 8.39. The van der Waals surface area contributed by atoms with Gasteiger partial charge in [-0.3, -0.25) is 4.79 Å². The monoisotopic (exact) mass is 433 g/mol. The van der Waals surface area contributed by atoms with Crippen LogP contribution in [0.1, 0.15) is 44.0 Å². The lowest BCUT2D eigenvalue weighted by Crippen LogP contribution is -2.48. The van der Waals surface area contributed by atoms with Gasteiger partial charge in [0.25, 0.3) is 0 Å². The molecule has 2 aromatic rings. The number of aryl methyl sites for hydroxylation is 2. The van der Waals surface area contributed by atoms with Crippen molar-refractivity contribution in [3.05, 3.63) is 23.5 Å². The van der Waals surface area contributed by atoms with Gasteiger partial charge in [0.1, 0.15) is 5.82 Å². The van der Waals surface area contributed by atoms with Gasteiger partial charge in [-0.2, -0.15) is 15.1 Å². The van der Waals surface area contributed by atoms with Gasteiger partial charge in [0.05, 0.1) is 5.69 Å². The van der Waals surface area contributed by atoms with Gasteiger partial charge in [0, 0.05) is 63.7 Å². The van der Waals surface area contributed by atoms with E-state index in [1.807, 2.05) is 30.9 Å². The number of aromatic nitrogens is 4. The molecule has 168 valence electrons. The molecule has 0 bridgehead atoms. The number of nitrogens with zero attached hydrogens (tertiary/aromatic N) is 6. The third kappa shape index (κ3) is 4.94. The highest BCUT2D eigenvalue weighted by atomic mass is 19.3. The van der Waals surface area contributed by atoms with Crippen molar-refractivity contribution in [2.24, 2.45) is 0 Å². The van der Waals surface area contributed by atoms with Crippen LogP contribution in [-0.4, -0.2) is 68.7 Å². The minimum Gasteiger partial charge on any atom is -0.353 e. The van der Waals surface area contributed by atoms with E-state index in [-0.39, 0.29) is 24.8 Å². The van der Waals surface area contributed by atoms with E-state index in [1.165, 1.54) is 0 Å². The van der Waals surface area contributed by atoms with Crippen molar-refractivity contribution >= 4 is 17.7 Å². The highest BCUT2D eigenvalue weighted by Crippen LogP contribution is 2.34. The Kier molecular flexibility index (Phi) is 5.81. The molecule has 2 fully saturated rings. The van der Waals surface area contributed by atoms with Gasteiger partial charge >= 0.3 is 0 Å². The number of piperazine rings is 1. The minimum absolute atomic E-state index is 0.0714. The summed E-state index contributed by atoms with van der Waals surface area (Å²) in [6.07, 6.45) is 0.517. The van der Waals surface area contributed by atoms with E-state index in [2.05, 4.69) is 20.3 Å². The van der Waals surface area contributed by atoms with E-state index < -0.39 is 5.92 Å². The molecule has 0 spiro atoms. The number of alkyl halides is 2. The smallest absolute Gasteiger partial charge is 0.248 e. The molecule has 1 aliphatic heterocycles. The highest BCUT2D eigenvalue weighted by Gasteiger charge is 2.35. The van der Waals surface area contributed by atoms with Crippen LogP contribution >= 0.6 is 0 Å². The molecule has 2 aromatic heterocycles. The quantitative estimate of drug-likeness (QED) is 0.799. The van der Waals surface area contributed by atoms with E-state index in [1.54, 1.807) is 11.6 Å². The third-order valence-corrected chi connectivity index (χ3v) is 6.03. The molecule has 1 aliphatic carbocycles. The van der Waals surface area contributed by atoms with Gasteiger partial charge in [-0.1, -0.05) is 0 Å². The summed E-state index contributed by atoms with van der Waals surface area (Å²) in [5, 5.41) is 7.81. The molecule has 31 heavy (non-hydrogen) atoms. The molecule has 1 N–H and O–H groups in total. The van der Waals surface area contributed by atoms with Gasteiger partial charge in [-0.15, -0.1) is 0 Å². The fourth-order valence-electron chi connectivity index (χ4n) is 4.24. The predicted molar refractivity (Wildman–Crippen MR) is 114 cm³/mol. The van der Waals surface area contributed by atoms with E-state index >= 15 is 0 Å². The SMILES string of the molecule is CC(=O)N1CCN(c2cc(-n3nc(C)cc3C)nc(NC3CCC(F)(F)CC3)n2)CC1. The number of hydrogen-bond donors (Lipinski definition) is 1. The number of halogens is 2. The molecule has 1 amide bonds. The van der Waals surface area contributed by atoms with Gasteiger partial charge < -0.3 is 15.1 Å². The van der Waals surface area contributed by atoms with E-state index in [9.17, 15) is 13.6 Å². The van der Waals surface area contributed by atoms with Gasteiger partial charge in [-0.05, 0) is 32.8 Å². The Morgan fingerprint density at radius 3 is 2.29 bits per heavy atom. The Morgan fingerprint density at radius 1 is 1.06 bits per heavy atom. The predicted octanol–water partition coefficient (Wildman–Crippen LogP) is 2.94. The number of amides is 1. The van der Waals surface area contributed by atoms with E-state index in [0.717, 1.165) is 17.2 Å². The summed E-state index contributed by atoms with van der Waals surface area (Å²) in [7, 11) is 0. The first-order valence-corrected chi connectivity index (χ1v) is 10.8. The average Bonchev–Trinajstić information content (AvgIpc) is 3.07. The van der Waals surface area contributed by atoms with Crippen LogP contribution in [0, 0.1) is 13.8 Å². The maximum Gasteiger partial charge on any atom is 0.248 e. The maximum atomic E-state index is 13.5. The Bertz CT molecular complexity index is 943. The van der Waals surface area contributed by atoms with Crippen LogP contribution in [0.3, 0.4) is 0 Å². The molecule has 1 saturated heterocycles. The van der Waals surface area contributed by atoms with Crippen LogP contribution in [0.25, 0.3) is 5.82 Å². The van der Waals surface area contributed by atoms with Crippen molar-refractivity contribution in [1.29, 1.82) is 0 Å². The number of hydrogen-bond acceptors (Lipinski definition) is 6. The van der Waals surface area contributed by atoms with Crippen LogP contribution in [0.2, 0.25) is 0 Å². The normalized spacial score (nSPS) is 19.5. The third-order valence-electron chi connectivity index (χ3n) is 6.03. The van der Waals surface area contributed by atoms with E-state index in [4.69, 9.17) is 4.98 Å². The van der Waals surface area contributed by atoms with Crippen LogP contribution in [0.4, 0.5) is 20.5 Å². The Morgan fingerprint density at radius 2 is 1.71 bits per heavy atom. The van der Waals surface area contributed by atoms with Crippen LogP contribution in [0.5, 0.6) is 0 Å². The van der Waals surface area contributed by atoms with Crippen LogP contribution in [-0.2, 0) is 4.79 Å². The molecule has 0 radical (unpaired) electrons. The van der Waals surface area contributed by atoms with Crippen LogP contribution < -0.4 is 10.2 Å². The molecule has 3 heterocycles. The van der Waals surface area contributed by atoms with E-state index in [0.29, 0.717) is 50.8 Å². The molecular weight excluding hydrogens is 404 g/mol. The summed E-state index contributed by atoms with van der Waals surface area (Å²) < 4.78 is 28.8. The van der Waals surface area contributed by atoms with Gasteiger partial charge in [0.15, 0.2) is 5.82 Å². The summed E-state index contributed by atoms with van der Waals surface area (Å²) in [6.45, 7) is 8.07. The standard InChI is InChI=1S/C21H29F2N7O/c1-14-12-15(2)30(27-14)19-13-18(29-10-8-28(9-11-29)16(3)31)25-20(26-19)24-17-4-6-21(22,23)7-5-17/h12-13,17H,4-11H2,1-3H3,(H,24,25,26). The Hall–Kier alpha value is -2.78. The lowest BCUT2D eigenvalue weighted by molar-refractivity contribution is -0.129. The number of nitrogens with one attached hydrogen (secondary N) is 1. The van der Waals surface area contributed by atoms with Gasteiger partial charge in [0.2, 0.25) is 17.8 Å². The number of carbonyl (C=O) groups is 1. The summed E-state index contributed by atoms with van der Waals surface area (Å²) >= 11 is 0. The second-order valence-electron chi connectivity index (χ2n) is 8.51. The zero-order valence-corrected chi connectivity index (χ0v) is 18.2. The number of anilines is 2. The zero-order valence-electron chi connectivity index (χ0n) is 18.2. The fourth-order valence-corrected chi connectivity index (χ4v) is 4.24. The summed E-state index contributed by atoms with van der Waals surface area (Å²) in [5.74, 6) is -0.712. The molecule has 0 unspecified atom stereocenters. The fraction of sp³-hybridized carbons (Fsp3) is 0.619. The first-order chi connectivity index (χ1) is 14.7. The molecule has 1 saturated carbocycles. The average molecular weight is 434 g/mol. The molecular formula is C21H29F2N7O. The Labute approximate surface area is 180 Å². The van der Waals surface area contributed by atoms with Crippen molar-refractivity contribution in [2.45, 2.75) is 58.4 Å². The van der Waals surface area contributed by atoms with Crippen LogP contribution in [0.15, 0.2) is 12.1 Å². The molecule has 0 atom stereocenters. The molecule has 8 nitrogen and oxygen atoms in total. The minimum atomic E-state index is -2.58. The van der Waals surface area contributed by atoms with Crippen molar-refractivity contribution in [3.63, 3.8) is 0 Å². The second-order valence-corrected chi connectivity index (χ2v) is 8.51. The Balaban J connectivity index is 1.60. The van der Waals surface area contributed by atoms with Gasteiger partial charge in [-0.25, -0.2) is 13.5 Å². The topological polar surface area (TPSA) is 79.2 Å². The molecule has 10 heteroatoms. The number of rotatable bonds is 4. The van der Waals surface area contributed by atoms with Crippen molar-refractivity contribution < 1.29 is 13.6 Å². The molecule has 0 aromatic carbocycles. The highest BCUT2D eigenvalue weighted by molar-refractivity contribution is 5.73. The molecule has 4 rings (SSSR count).